The molecule has 14 aromatic carbocycles. The molecule has 16 rings (SSSR count). The quantitative estimate of drug-likeness (QED) is 0.0262. The van der Waals surface area contributed by atoms with Gasteiger partial charge in [-0.25, -0.2) is 4.98 Å². The van der Waals surface area contributed by atoms with E-state index in [1.165, 1.54) is 69.9 Å². The van der Waals surface area contributed by atoms with Crippen LogP contribution >= 0.6 is 66.5 Å². The van der Waals surface area contributed by atoms with Gasteiger partial charge in [0.15, 0.2) is 0 Å². The van der Waals surface area contributed by atoms with Crippen LogP contribution in [0, 0.1) is 0 Å². The number of aromatic nitrogens is 2. The van der Waals surface area contributed by atoms with Gasteiger partial charge in [-0.2, -0.15) is 0 Å². The van der Waals surface area contributed by atoms with E-state index in [4.69, 9.17) is 54.9 Å². The maximum Gasteiger partial charge on any atom is 1.00 e. The van der Waals surface area contributed by atoms with Crippen LogP contribution in [0.1, 0.15) is 1.43 Å². The Labute approximate surface area is 786 Å². The van der Waals surface area contributed by atoms with Crippen molar-refractivity contribution in [3.05, 3.63) is 477 Å². The monoisotopic (exact) mass is 1750 g/mol. The maximum absolute atomic E-state index is 8.64. The fraction of sp³-hybridized carbons (Fsp3) is 0. The summed E-state index contributed by atoms with van der Waals surface area (Å²) in [6.45, 7) is -0.181. The number of pyridine rings is 2. The molecule has 113 heavy (non-hydrogen) atoms. The van der Waals surface area contributed by atoms with E-state index in [2.05, 4.69) is 379 Å². The summed E-state index contributed by atoms with van der Waals surface area (Å²) in [6.07, 6.45) is 3.16. The minimum Gasteiger partial charge on any atom is -1.00 e. The van der Waals surface area contributed by atoms with Gasteiger partial charge in [-0.3, -0.25) is 9.78 Å². The zero-order chi connectivity index (χ0) is 76.8. The molecule has 2 N–H and O–H groups in total. The van der Waals surface area contributed by atoms with Crippen LogP contribution < -0.4 is 177 Å². The van der Waals surface area contributed by atoms with Gasteiger partial charge in [-0.15, -0.1) is 0 Å². The Morgan fingerprint density at radius 1 is 0.283 bits per heavy atom. The standard InChI is InChI=1S/4C18H15P.C11H8ClN.C6H7BO2.C5H3Cl2N.CH2O3.2K.Pd.H/c4*1-4-10-16(11-5-1)19(17-12-6-2-7-13-17)18-14-8-3-9-15-18;12-10-6-7-11(13-8-10)9-4-2-1-3-5-9;8-7(9)6-4-2-1-3-5-6;6-4-1-2-5(7)8-3-4;2-1-4-3;;;;/h4*1-15H;1-8H;1-5,8-9H;1-3H;1,3H;;;;/q;;;;;;;;2*+1;;-1/p-1. The van der Waals surface area contributed by atoms with E-state index in [0.29, 0.717) is 20.7 Å². The molecular weight excluding hydrogens is 1670 g/mol. The Balaban J connectivity index is 0.000000238. The topological polar surface area (TPSA) is 116 Å². The van der Waals surface area contributed by atoms with Gasteiger partial charge in [0.2, 0.25) is 0 Å². The van der Waals surface area contributed by atoms with Gasteiger partial charge in [0.05, 0.1) is 15.7 Å². The third-order valence-corrected chi connectivity index (χ3v) is 26.2. The summed E-state index contributed by atoms with van der Waals surface area (Å²) >= 11 is 16.7. The van der Waals surface area contributed by atoms with E-state index in [0.717, 1.165) is 11.3 Å². The van der Waals surface area contributed by atoms with Crippen LogP contribution in [0.3, 0.4) is 0 Å². The van der Waals surface area contributed by atoms with E-state index in [1.807, 2.05) is 48.5 Å². The number of halogens is 3. The second-order valence-corrected chi connectivity index (χ2v) is 33.5. The van der Waals surface area contributed by atoms with Gasteiger partial charge in [0.1, 0.15) is 5.15 Å². The molecule has 0 saturated carbocycles. The van der Waals surface area contributed by atoms with Crippen molar-refractivity contribution in [2.24, 2.45) is 0 Å². The number of benzene rings is 14. The average molecular weight is 1760 g/mol. The first-order chi connectivity index (χ1) is 54.2. The van der Waals surface area contributed by atoms with Crippen molar-refractivity contribution in [1.82, 2.24) is 9.97 Å². The van der Waals surface area contributed by atoms with Crippen molar-refractivity contribution in [3.63, 3.8) is 0 Å². The molecule has 0 spiro atoms. The summed E-state index contributed by atoms with van der Waals surface area (Å²) in [4.78, 5) is 19.2. The first kappa shape index (κ1) is 95.2. The van der Waals surface area contributed by atoms with Gasteiger partial charge in [-0.05, 0) is 125 Å². The van der Waals surface area contributed by atoms with Crippen molar-refractivity contribution >= 4 is 149 Å². The predicted molar refractivity (Wildman–Crippen MR) is 474 cm³/mol. The molecule has 0 amide bonds. The number of rotatable bonds is 15. The molecule has 2 aromatic heterocycles. The first-order valence-corrected chi connectivity index (χ1v) is 41.6. The molecule has 0 atom stereocenters. The third-order valence-electron chi connectivity index (χ3n) is 15.8. The molecule has 2 heterocycles. The summed E-state index contributed by atoms with van der Waals surface area (Å²) in [5.41, 5.74) is 2.58. The number of hydrogen-bond acceptors (Lipinski definition) is 7. The molecule has 0 fully saturated rings. The van der Waals surface area contributed by atoms with Crippen molar-refractivity contribution in [3.8, 4) is 11.3 Å². The largest absolute Gasteiger partial charge is 1.00 e. The molecule has 0 radical (unpaired) electrons. The molecule has 0 saturated heterocycles. The Morgan fingerprint density at radius 2 is 0.460 bits per heavy atom. The van der Waals surface area contributed by atoms with Gasteiger partial charge in [-0.1, -0.05) is 459 Å². The zero-order valence-electron chi connectivity index (χ0n) is 63.3. The van der Waals surface area contributed by atoms with Crippen LogP contribution in [0.15, 0.2) is 461 Å². The molecule has 7 nitrogen and oxygen atoms in total. The summed E-state index contributed by atoms with van der Waals surface area (Å²) in [5, 5.41) is 44.1. The van der Waals surface area contributed by atoms with E-state index in [-0.39, 0.29) is 131 Å². The van der Waals surface area contributed by atoms with Crippen LogP contribution in [-0.4, -0.2) is 33.6 Å². The molecule has 0 bridgehead atoms. The van der Waals surface area contributed by atoms with Crippen LogP contribution in [0.2, 0.25) is 15.2 Å². The summed E-state index contributed by atoms with van der Waals surface area (Å²) in [5.74, 6) is 0. The van der Waals surface area contributed by atoms with Gasteiger partial charge in [0.25, 0.3) is 6.47 Å². The fourth-order valence-electron chi connectivity index (χ4n) is 10.9. The Kier molecular flexibility index (Phi) is 47.7. The molecule has 18 heteroatoms. The van der Waals surface area contributed by atoms with Gasteiger partial charge < -0.3 is 21.6 Å². The fourth-order valence-corrected chi connectivity index (χ4v) is 20.4. The van der Waals surface area contributed by atoms with E-state index in [1.54, 1.807) is 42.6 Å². The predicted octanol–water partition coefficient (Wildman–Crippen LogP) is 11.5. The SMILES string of the molecule is Clc1ccc(-c2ccccc2)nc1.Clc1ccc(Cl)nc1.O=CO[O-].OB(O)c1ccccc1.[H-].[K+].[K+].[Pd].c1ccc(P(c2ccccc2)c2ccccc2)cc1.c1ccc(P(c2ccccc2)c2ccccc2)cc1.c1ccc(P(c2ccccc2)c2ccccc2)cc1.c1ccc(P(c2ccccc2)c2ccccc2)cc1. The van der Waals surface area contributed by atoms with Crippen LogP contribution in [0.5, 0.6) is 0 Å². The second-order valence-electron chi connectivity index (χ2n) is 23.4. The zero-order valence-corrected chi connectivity index (χ0v) is 75.9. The summed E-state index contributed by atoms with van der Waals surface area (Å²) < 4.78 is 0. The minimum absolute atomic E-state index is 0. The maximum atomic E-state index is 8.64. The van der Waals surface area contributed by atoms with Crippen LogP contribution in [0.4, 0.5) is 0 Å². The van der Waals surface area contributed by atoms with E-state index < -0.39 is 38.8 Å². The molecule has 0 unspecified atom stereocenters. The van der Waals surface area contributed by atoms with Crippen molar-refractivity contribution in [2.45, 2.75) is 0 Å². The Hall–Kier alpha value is -6.68. The van der Waals surface area contributed by atoms with Crippen molar-refractivity contribution < 1.29 is 150 Å². The number of nitrogens with zero attached hydrogens (tertiary/aromatic N) is 2. The average Bonchev–Trinajstić information content (AvgIpc) is 0.830. The molecular formula is C95H80BCl3K2N2O5P4Pd. The van der Waals surface area contributed by atoms with Crippen molar-refractivity contribution in [2.75, 3.05) is 0 Å². The second kappa shape index (κ2) is 56.6. The van der Waals surface area contributed by atoms with Crippen molar-refractivity contribution in [1.29, 1.82) is 0 Å². The first-order valence-electron chi connectivity index (χ1n) is 35.1. The molecule has 0 aliphatic heterocycles. The van der Waals surface area contributed by atoms with E-state index >= 15 is 0 Å². The number of carbonyl (C=O) groups is 1. The Bertz CT molecular complexity index is 4210. The number of carbonyl (C=O) groups excluding carboxylic acids is 1. The molecule has 16 aromatic rings. The normalized spacial score (nSPS) is 9.82. The van der Waals surface area contributed by atoms with E-state index in [9.17, 15) is 0 Å². The van der Waals surface area contributed by atoms with Crippen LogP contribution in [0.25, 0.3) is 11.3 Å². The van der Waals surface area contributed by atoms with Gasteiger partial charge in [0, 0.05) is 38.4 Å². The molecule has 0 aliphatic carbocycles. The van der Waals surface area contributed by atoms with Crippen LogP contribution in [-0.2, 0) is 30.1 Å². The molecule has 0 aliphatic rings. The number of hydrogen-bond donors (Lipinski definition) is 2. The molecule has 556 valence electrons. The third kappa shape index (κ3) is 33.8. The minimum atomic E-state index is -1.34. The summed E-state index contributed by atoms with van der Waals surface area (Å²) in [7, 11) is -3.13. The van der Waals surface area contributed by atoms with Gasteiger partial charge >= 0.3 is 110 Å². The Morgan fingerprint density at radius 3 is 0.602 bits per heavy atom. The summed E-state index contributed by atoms with van der Waals surface area (Å²) in [6, 6.07) is 155. The smallest absolute Gasteiger partial charge is 1.00 e.